The molecule has 0 atom stereocenters. The predicted molar refractivity (Wildman–Crippen MR) is 263 cm³/mol. The van der Waals surface area contributed by atoms with Crippen molar-refractivity contribution in [2.75, 3.05) is 0 Å². The molecular formula is C60H36N2. The van der Waals surface area contributed by atoms with Crippen molar-refractivity contribution in [3.63, 3.8) is 0 Å². The van der Waals surface area contributed by atoms with E-state index in [9.17, 15) is 0 Å². The van der Waals surface area contributed by atoms with Crippen LogP contribution in [0.2, 0.25) is 0 Å². The van der Waals surface area contributed by atoms with E-state index in [0.717, 1.165) is 5.69 Å². The van der Waals surface area contributed by atoms with E-state index in [2.05, 4.69) is 228 Å². The molecule has 0 amide bonds. The van der Waals surface area contributed by atoms with Gasteiger partial charge in [-0.15, -0.1) is 0 Å². The number of benzene rings is 11. The van der Waals surface area contributed by atoms with Gasteiger partial charge in [0, 0.05) is 32.9 Å². The lowest BCUT2D eigenvalue weighted by atomic mass is 9.92. The normalized spacial score (nSPS) is 12.2. The maximum absolute atomic E-state index is 2.44. The minimum atomic E-state index is 1.16. The summed E-state index contributed by atoms with van der Waals surface area (Å²) in [5, 5.41) is 12.7. The van der Waals surface area contributed by atoms with Crippen LogP contribution in [0.3, 0.4) is 0 Å². The van der Waals surface area contributed by atoms with Gasteiger partial charge >= 0.3 is 0 Å². The maximum atomic E-state index is 2.44. The van der Waals surface area contributed by atoms with E-state index in [1.807, 2.05) is 0 Å². The van der Waals surface area contributed by atoms with Crippen LogP contribution in [0.15, 0.2) is 218 Å². The molecule has 2 heterocycles. The fraction of sp³-hybridized carbons (Fsp3) is 0. The number of para-hydroxylation sites is 3. The van der Waals surface area contributed by atoms with Gasteiger partial charge < -0.3 is 9.13 Å². The molecule has 0 radical (unpaired) electrons. The molecule has 14 rings (SSSR count). The molecule has 0 saturated carbocycles. The molecule has 0 spiro atoms. The van der Waals surface area contributed by atoms with E-state index in [-0.39, 0.29) is 0 Å². The van der Waals surface area contributed by atoms with Gasteiger partial charge in [0.1, 0.15) is 0 Å². The highest BCUT2D eigenvalue weighted by Gasteiger charge is 2.23. The van der Waals surface area contributed by atoms with E-state index in [4.69, 9.17) is 0 Å². The largest absolute Gasteiger partial charge is 0.309 e. The Kier molecular flexibility index (Phi) is 6.86. The van der Waals surface area contributed by atoms with Gasteiger partial charge in [-0.25, -0.2) is 0 Å². The number of hydrogen-bond acceptors (Lipinski definition) is 0. The van der Waals surface area contributed by atoms with Gasteiger partial charge in [0.15, 0.2) is 0 Å². The van der Waals surface area contributed by atoms with Crippen molar-refractivity contribution in [2.24, 2.45) is 0 Å². The van der Waals surface area contributed by atoms with Gasteiger partial charge in [-0.3, -0.25) is 0 Å². The predicted octanol–water partition coefficient (Wildman–Crippen LogP) is 16.3. The van der Waals surface area contributed by atoms with Gasteiger partial charge in [-0.2, -0.15) is 0 Å². The minimum absolute atomic E-state index is 1.16. The first kappa shape index (κ1) is 33.6. The van der Waals surface area contributed by atoms with Gasteiger partial charge in [-0.1, -0.05) is 152 Å². The third-order valence-corrected chi connectivity index (χ3v) is 13.6. The van der Waals surface area contributed by atoms with Crippen LogP contribution >= 0.6 is 0 Å². The Morgan fingerprint density at radius 2 is 0.726 bits per heavy atom. The van der Waals surface area contributed by atoms with Gasteiger partial charge in [0.25, 0.3) is 0 Å². The molecule has 0 saturated heterocycles. The molecule has 0 bridgehead atoms. The fourth-order valence-electron chi connectivity index (χ4n) is 10.9. The molecule has 0 fully saturated rings. The molecule has 62 heavy (non-hydrogen) atoms. The summed E-state index contributed by atoms with van der Waals surface area (Å²) in [5.74, 6) is 0. The lowest BCUT2D eigenvalue weighted by Crippen LogP contribution is -1.94. The number of nitrogens with zero attached hydrogens (tertiary/aromatic N) is 2. The lowest BCUT2D eigenvalue weighted by molar-refractivity contribution is 1.18. The first-order valence-corrected chi connectivity index (χ1v) is 21.5. The molecule has 2 aromatic heterocycles. The molecule has 0 unspecified atom stereocenters. The molecule has 286 valence electrons. The average Bonchev–Trinajstić information content (AvgIpc) is 3.97. The fourth-order valence-corrected chi connectivity index (χ4v) is 10.9. The quantitative estimate of drug-likeness (QED) is 0.157. The van der Waals surface area contributed by atoms with Crippen LogP contribution in [0, 0.1) is 0 Å². The summed E-state index contributed by atoms with van der Waals surface area (Å²) < 4.78 is 4.82. The van der Waals surface area contributed by atoms with Crippen molar-refractivity contribution >= 4 is 75.9 Å². The zero-order chi connectivity index (χ0) is 40.5. The Bertz CT molecular complexity index is 4000. The van der Waals surface area contributed by atoms with Crippen molar-refractivity contribution in [2.45, 2.75) is 0 Å². The molecule has 1 aliphatic carbocycles. The number of aromatic nitrogens is 2. The summed E-state index contributed by atoms with van der Waals surface area (Å²) in [6, 6.07) is 81.0. The summed E-state index contributed by atoms with van der Waals surface area (Å²) in [6.45, 7) is 0. The van der Waals surface area contributed by atoms with Crippen LogP contribution in [0.5, 0.6) is 0 Å². The van der Waals surface area contributed by atoms with Gasteiger partial charge in [0.2, 0.25) is 0 Å². The van der Waals surface area contributed by atoms with Crippen molar-refractivity contribution in [1.82, 2.24) is 9.13 Å². The highest BCUT2D eigenvalue weighted by atomic mass is 15.0. The standard InChI is InChI=1S/C60H36N2/c1-2-11-42(12-3-1)61-56-19-8-6-15-49(56)54-35-37(24-31-58(54)61)38-25-32-59-55(36-38)50-16-7-9-20-57(50)62(59)43-26-28-45-41(34-43)22-21-39-33-40(23-27-44(39)45)46-29-30-53-48-14-5-4-13-47(48)52-18-10-17-51(46)60(52)53/h1-36H. The first-order chi connectivity index (χ1) is 30.7. The molecule has 0 N–H and O–H groups in total. The van der Waals surface area contributed by atoms with Crippen molar-refractivity contribution in [1.29, 1.82) is 0 Å². The Balaban J connectivity index is 0.865. The van der Waals surface area contributed by atoms with E-state index in [1.54, 1.807) is 0 Å². The van der Waals surface area contributed by atoms with Crippen LogP contribution in [-0.4, -0.2) is 9.13 Å². The van der Waals surface area contributed by atoms with Crippen LogP contribution in [-0.2, 0) is 0 Å². The Hall–Kier alpha value is -8.20. The van der Waals surface area contributed by atoms with Gasteiger partial charge in [0.05, 0.1) is 22.1 Å². The SMILES string of the molecule is c1ccc(-n2c3ccccc3c3cc(-c4ccc5c(c4)c4ccccc4n5-c4ccc5c(ccc6cc(-c7ccc8c9c(cccc79)-c7ccccc7-8)ccc65)c4)ccc32)cc1. The Morgan fingerprint density at radius 3 is 1.42 bits per heavy atom. The second-order valence-corrected chi connectivity index (χ2v) is 16.8. The zero-order valence-corrected chi connectivity index (χ0v) is 33.7. The summed E-state index contributed by atoms with van der Waals surface area (Å²) in [6.07, 6.45) is 0. The summed E-state index contributed by atoms with van der Waals surface area (Å²) in [5.41, 5.74) is 17.5. The Morgan fingerprint density at radius 1 is 0.226 bits per heavy atom. The topological polar surface area (TPSA) is 9.86 Å². The first-order valence-electron chi connectivity index (χ1n) is 21.5. The third-order valence-electron chi connectivity index (χ3n) is 13.6. The summed E-state index contributed by atoms with van der Waals surface area (Å²) in [4.78, 5) is 0. The van der Waals surface area contributed by atoms with Crippen molar-refractivity contribution < 1.29 is 0 Å². The zero-order valence-electron chi connectivity index (χ0n) is 33.7. The van der Waals surface area contributed by atoms with E-state index in [1.165, 1.54) is 126 Å². The van der Waals surface area contributed by atoms with Crippen LogP contribution in [0.25, 0.3) is 132 Å². The molecule has 13 aromatic rings. The number of hydrogen-bond donors (Lipinski definition) is 0. The molecule has 11 aromatic carbocycles. The lowest BCUT2D eigenvalue weighted by Gasteiger charge is -2.13. The molecule has 1 aliphatic rings. The second kappa shape index (κ2) is 12.7. The molecule has 2 heteroatoms. The molecule has 0 aliphatic heterocycles. The van der Waals surface area contributed by atoms with E-state index < -0.39 is 0 Å². The third kappa shape index (κ3) is 4.69. The smallest absolute Gasteiger partial charge is 0.0541 e. The average molecular weight is 785 g/mol. The highest BCUT2D eigenvalue weighted by molar-refractivity contribution is 6.19. The van der Waals surface area contributed by atoms with E-state index >= 15 is 0 Å². The highest BCUT2D eigenvalue weighted by Crippen LogP contribution is 2.49. The summed E-state index contributed by atoms with van der Waals surface area (Å²) >= 11 is 0. The van der Waals surface area contributed by atoms with Gasteiger partial charge in [-0.05, 0) is 144 Å². The van der Waals surface area contributed by atoms with E-state index in [0.29, 0.717) is 0 Å². The number of fused-ring (bicyclic) bond motifs is 12. The molecule has 2 nitrogen and oxygen atoms in total. The van der Waals surface area contributed by atoms with Crippen molar-refractivity contribution in [3.8, 4) is 55.9 Å². The van der Waals surface area contributed by atoms with Crippen LogP contribution < -0.4 is 0 Å². The molecular weight excluding hydrogens is 749 g/mol. The Labute approximate surface area is 357 Å². The minimum Gasteiger partial charge on any atom is -0.309 e. The monoisotopic (exact) mass is 784 g/mol. The number of rotatable bonds is 4. The van der Waals surface area contributed by atoms with Crippen LogP contribution in [0.4, 0.5) is 0 Å². The maximum Gasteiger partial charge on any atom is 0.0541 e. The van der Waals surface area contributed by atoms with Crippen LogP contribution in [0.1, 0.15) is 0 Å². The summed E-state index contributed by atoms with van der Waals surface area (Å²) in [7, 11) is 0. The van der Waals surface area contributed by atoms with Crippen molar-refractivity contribution in [3.05, 3.63) is 218 Å². The second-order valence-electron chi connectivity index (χ2n) is 16.8.